The molecule has 0 atom stereocenters. The van der Waals surface area contributed by atoms with Gasteiger partial charge in [0, 0.05) is 17.1 Å². The van der Waals surface area contributed by atoms with Crippen LogP contribution in [0.25, 0.3) is 0 Å². The largest absolute Gasteiger partial charge is 0.465 e. The number of thioether (sulfide) groups is 2. The molecule has 0 aliphatic carbocycles. The Hall–Kier alpha value is -1.67. The number of nitrogens with zero attached hydrogens (tertiary/aromatic N) is 2. The van der Waals surface area contributed by atoms with Gasteiger partial charge in [-0.05, 0) is 36.9 Å². The Balaban J connectivity index is 1.53. The molecule has 1 aromatic rings. The van der Waals surface area contributed by atoms with Crippen LogP contribution in [0, 0.1) is 0 Å². The molecule has 1 aromatic carbocycles. The first-order chi connectivity index (χ1) is 11.2. The van der Waals surface area contributed by atoms with E-state index in [2.05, 4.69) is 15.2 Å². The van der Waals surface area contributed by atoms with Crippen LogP contribution in [-0.2, 0) is 14.3 Å². The quantitative estimate of drug-likeness (QED) is 0.793. The molecular formula is C15H17N3O3S2. The van der Waals surface area contributed by atoms with Gasteiger partial charge < -0.3 is 15.0 Å². The number of hydrogen-bond donors (Lipinski definition) is 1. The van der Waals surface area contributed by atoms with Gasteiger partial charge in [0.2, 0.25) is 5.91 Å². The standard InChI is InChI=1S/C15H17N3O3S2/c1-2-21-14(20)9-22-8-13(19)17-10-3-4-12-11(7-10)18-6-5-16-15(18)23-12/h3-4,7H,2,5-6,8-9H2,1H3,(H,17,19). The Kier molecular flexibility index (Phi) is 5.12. The molecule has 23 heavy (non-hydrogen) atoms. The zero-order valence-corrected chi connectivity index (χ0v) is 14.3. The average Bonchev–Trinajstić information content (AvgIpc) is 3.08. The third kappa shape index (κ3) is 3.81. The van der Waals surface area contributed by atoms with Crippen molar-refractivity contribution in [1.29, 1.82) is 0 Å². The lowest BCUT2D eigenvalue weighted by Gasteiger charge is -2.13. The number of carbonyl (C=O) groups excluding carboxylic acids is 2. The summed E-state index contributed by atoms with van der Waals surface area (Å²) < 4.78 is 4.82. The van der Waals surface area contributed by atoms with E-state index in [1.165, 1.54) is 11.8 Å². The van der Waals surface area contributed by atoms with Gasteiger partial charge in [0.25, 0.3) is 0 Å². The minimum Gasteiger partial charge on any atom is -0.465 e. The summed E-state index contributed by atoms with van der Waals surface area (Å²) in [7, 11) is 0. The number of anilines is 2. The molecule has 122 valence electrons. The second-order valence-corrected chi connectivity index (χ2v) is 6.94. The number of ether oxygens (including phenoxy) is 1. The summed E-state index contributed by atoms with van der Waals surface area (Å²) in [5.41, 5.74) is 1.86. The number of carbonyl (C=O) groups is 2. The Morgan fingerprint density at radius 2 is 2.30 bits per heavy atom. The summed E-state index contributed by atoms with van der Waals surface area (Å²) in [6.45, 7) is 3.84. The molecule has 1 N–H and O–H groups in total. The van der Waals surface area contributed by atoms with Gasteiger partial charge in [-0.2, -0.15) is 0 Å². The highest BCUT2D eigenvalue weighted by Gasteiger charge is 2.29. The summed E-state index contributed by atoms with van der Waals surface area (Å²) in [5, 5.41) is 3.91. The molecule has 6 nitrogen and oxygen atoms in total. The van der Waals surface area contributed by atoms with Gasteiger partial charge >= 0.3 is 5.97 Å². The van der Waals surface area contributed by atoms with Crippen molar-refractivity contribution in [3.8, 4) is 0 Å². The maximum Gasteiger partial charge on any atom is 0.315 e. The van der Waals surface area contributed by atoms with Crippen molar-refractivity contribution in [2.24, 2.45) is 4.99 Å². The maximum atomic E-state index is 12.0. The number of hydrogen-bond acceptors (Lipinski definition) is 7. The first kappa shape index (κ1) is 16.2. The minimum atomic E-state index is -0.291. The second kappa shape index (κ2) is 7.27. The molecule has 0 fully saturated rings. The number of amidine groups is 1. The van der Waals surface area contributed by atoms with Crippen LogP contribution in [0.5, 0.6) is 0 Å². The Morgan fingerprint density at radius 1 is 1.43 bits per heavy atom. The summed E-state index contributed by atoms with van der Waals surface area (Å²) in [5.74, 6) is -0.00236. The zero-order chi connectivity index (χ0) is 16.2. The fraction of sp³-hybridized carbons (Fsp3) is 0.400. The van der Waals surface area contributed by atoms with Crippen molar-refractivity contribution in [2.45, 2.75) is 11.8 Å². The number of benzene rings is 1. The number of rotatable bonds is 6. The van der Waals surface area contributed by atoms with Gasteiger partial charge in [-0.15, -0.1) is 11.8 Å². The van der Waals surface area contributed by atoms with E-state index in [0.29, 0.717) is 6.61 Å². The van der Waals surface area contributed by atoms with Crippen LogP contribution < -0.4 is 10.2 Å². The van der Waals surface area contributed by atoms with E-state index in [9.17, 15) is 9.59 Å². The Labute approximate surface area is 143 Å². The van der Waals surface area contributed by atoms with Crippen LogP contribution in [0.2, 0.25) is 0 Å². The predicted molar refractivity (Wildman–Crippen MR) is 94.5 cm³/mol. The lowest BCUT2D eigenvalue weighted by atomic mass is 10.2. The number of amides is 1. The molecule has 0 saturated carbocycles. The van der Waals surface area contributed by atoms with E-state index >= 15 is 0 Å². The summed E-state index contributed by atoms with van der Waals surface area (Å²) in [4.78, 5) is 31.0. The van der Waals surface area contributed by atoms with E-state index in [0.717, 1.165) is 34.5 Å². The van der Waals surface area contributed by atoms with E-state index < -0.39 is 0 Å². The molecular weight excluding hydrogens is 334 g/mol. The van der Waals surface area contributed by atoms with Crippen LogP contribution in [0.4, 0.5) is 11.4 Å². The molecule has 3 rings (SSSR count). The molecule has 1 amide bonds. The second-order valence-electron chi connectivity index (χ2n) is 4.95. The van der Waals surface area contributed by atoms with Crippen molar-refractivity contribution < 1.29 is 14.3 Å². The first-order valence-electron chi connectivity index (χ1n) is 7.34. The molecule has 0 saturated heterocycles. The molecule has 0 unspecified atom stereocenters. The highest BCUT2D eigenvalue weighted by Crippen LogP contribution is 2.43. The molecule has 8 heteroatoms. The lowest BCUT2D eigenvalue weighted by Crippen LogP contribution is -2.21. The molecule has 0 radical (unpaired) electrons. The number of esters is 1. The van der Waals surface area contributed by atoms with E-state index in [4.69, 9.17) is 4.74 Å². The van der Waals surface area contributed by atoms with Crippen LogP contribution in [0.1, 0.15) is 6.92 Å². The van der Waals surface area contributed by atoms with Crippen molar-refractivity contribution in [3.63, 3.8) is 0 Å². The molecule has 2 aliphatic rings. The van der Waals surface area contributed by atoms with Crippen LogP contribution in [-0.4, -0.2) is 48.2 Å². The topological polar surface area (TPSA) is 71.0 Å². The smallest absolute Gasteiger partial charge is 0.315 e. The fourth-order valence-corrected chi connectivity index (χ4v) is 4.03. The summed E-state index contributed by atoms with van der Waals surface area (Å²) in [6.07, 6.45) is 0. The number of aliphatic imine (C=N–C) groups is 1. The van der Waals surface area contributed by atoms with Crippen LogP contribution in [0.15, 0.2) is 28.1 Å². The first-order valence-corrected chi connectivity index (χ1v) is 9.31. The van der Waals surface area contributed by atoms with Crippen LogP contribution in [0.3, 0.4) is 0 Å². The summed E-state index contributed by atoms with van der Waals surface area (Å²) >= 11 is 2.91. The highest BCUT2D eigenvalue weighted by molar-refractivity contribution is 8.14. The van der Waals surface area contributed by atoms with Gasteiger partial charge in [0.05, 0.1) is 30.3 Å². The molecule has 0 aromatic heterocycles. The molecule has 2 heterocycles. The highest BCUT2D eigenvalue weighted by atomic mass is 32.2. The number of nitrogens with one attached hydrogen (secondary N) is 1. The average molecular weight is 351 g/mol. The summed E-state index contributed by atoms with van der Waals surface area (Å²) in [6, 6.07) is 5.87. The van der Waals surface area contributed by atoms with E-state index in [1.807, 2.05) is 18.2 Å². The maximum absolute atomic E-state index is 12.0. The van der Waals surface area contributed by atoms with Gasteiger partial charge in [0.15, 0.2) is 5.17 Å². The normalized spacial score (nSPS) is 15.0. The predicted octanol–water partition coefficient (Wildman–Crippen LogP) is 2.20. The van der Waals surface area contributed by atoms with Gasteiger partial charge in [-0.25, -0.2) is 0 Å². The van der Waals surface area contributed by atoms with E-state index in [-0.39, 0.29) is 23.4 Å². The van der Waals surface area contributed by atoms with Crippen molar-refractivity contribution in [1.82, 2.24) is 0 Å². The van der Waals surface area contributed by atoms with E-state index in [1.54, 1.807) is 18.7 Å². The van der Waals surface area contributed by atoms with Crippen molar-refractivity contribution in [3.05, 3.63) is 18.2 Å². The van der Waals surface area contributed by atoms with Crippen molar-refractivity contribution >= 4 is 51.9 Å². The fourth-order valence-electron chi connectivity index (χ4n) is 2.36. The third-order valence-electron chi connectivity index (χ3n) is 3.29. The molecule has 0 bridgehead atoms. The zero-order valence-electron chi connectivity index (χ0n) is 12.7. The molecule has 2 aliphatic heterocycles. The lowest BCUT2D eigenvalue weighted by molar-refractivity contribution is -0.139. The van der Waals surface area contributed by atoms with Gasteiger partial charge in [-0.1, -0.05) is 0 Å². The molecule has 0 spiro atoms. The Morgan fingerprint density at radius 3 is 3.13 bits per heavy atom. The van der Waals surface area contributed by atoms with Crippen LogP contribution >= 0.6 is 23.5 Å². The monoisotopic (exact) mass is 351 g/mol. The van der Waals surface area contributed by atoms with Gasteiger partial charge in [-0.3, -0.25) is 14.6 Å². The third-order valence-corrected chi connectivity index (χ3v) is 5.30. The SMILES string of the molecule is CCOC(=O)CSCC(=O)Nc1ccc2c(c1)N1CCN=C1S2. The Bertz CT molecular complexity index is 663. The minimum absolute atomic E-state index is 0.125. The van der Waals surface area contributed by atoms with Crippen molar-refractivity contribution in [2.75, 3.05) is 41.4 Å². The van der Waals surface area contributed by atoms with Gasteiger partial charge in [0.1, 0.15) is 0 Å². The number of fused-ring (bicyclic) bond motifs is 3.